The van der Waals surface area contributed by atoms with E-state index in [2.05, 4.69) is 21.2 Å². The van der Waals surface area contributed by atoms with Crippen LogP contribution in [0.4, 0.5) is 0 Å². The molecule has 1 amide bonds. The van der Waals surface area contributed by atoms with E-state index in [0.29, 0.717) is 24.1 Å². The van der Waals surface area contributed by atoms with Gasteiger partial charge in [0.15, 0.2) is 6.23 Å². The molecule has 8 heteroatoms. The number of carbonyl (C=O) groups is 1. The predicted octanol–water partition coefficient (Wildman–Crippen LogP) is 3.74. The average Bonchev–Trinajstić information content (AvgIpc) is 2.64. The number of piperidine rings is 2. The van der Waals surface area contributed by atoms with E-state index in [1.54, 1.807) is 29.2 Å². The third-order valence-corrected chi connectivity index (χ3v) is 6.70. The molecule has 0 aliphatic carbocycles. The normalized spacial score (nSPS) is 26.9. The van der Waals surface area contributed by atoms with Gasteiger partial charge < -0.3 is 15.0 Å². The molecule has 150 valence electrons. The van der Waals surface area contributed by atoms with Crippen molar-refractivity contribution in [3.8, 4) is 0 Å². The molecule has 4 nitrogen and oxygen atoms in total. The number of fused-ring (bicyclic) bond motifs is 1. The van der Waals surface area contributed by atoms with Gasteiger partial charge in [-0.15, -0.1) is 0 Å². The minimum absolute atomic E-state index is 0.326. The van der Waals surface area contributed by atoms with Crippen LogP contribution in [0.5, 0.6) is 0 Å². The summed E-state index contributed by atoms with van der Waals surface area (Å²) >= 11 is 21.6. The summed E-state index contributed by atoms with van der Waals surface area (Å²) in [5.41, 5.74) is 0.488. The van der Waals surface area contributed by atoms with Crippen LogP contribution in [0.25, 0.3) is 0 Å². The number of alkyl halides is 3. The molecular formula is C19H25BrCl3N2O2+. The summed E-state index contributed by atoms with van der Waals surface area (Å²) in [6.07, 6.45) is 5.14. The highest BCUT2D eigenvalue weighted by molar-refractivity contribution is 9.10. The molecule has 0 bridgehead atoms. The van der Waals surface area contributed by atoms with E-state index in [1.165, 1.54) is 38.8 Å². The number of rotatable bonds is 5. The molecule has 2 saturated heterocycles. The summed E-state index contributed by atoms with van der Waals surface area (Å²) in [7, 11) is 0. The molecule has 0 spiro atoms. The Hall–Kier alpha value is -0.0400. The van der Waals surface area contributed by atoms with Crippen molar-refractivity contribution in [1.29, 1.82) is 0 Å². The number of benzene rings is 1. The number of amides is 1. The number of ether oxygens (including phenoxy) is 1. The van der Waals surface area contributed by atoms with Crippen molar-refractivity contribution >= 4 is 56.6 Å². The third kappa shape index (κ3) is 5.97. The lowest BCUT2D eigenvalue weighted by atomic mass is 9.84. The van der Waals surface area contributed by atoms with Crippen LogP contribution in [0.3, 0.4) is 0 Å². The van der Waals surface area contributed by atoms with Crippen LogP contribution < -0.4 is 10.2 Å². The largest absolute Gasteiger partial charge is 0.353 e. The van der Waals surface area contributed by atoms with Gasteiger partial charge in [-0.05, 0) is 56.4 Å². The Morgan fingerprint density at radius 3 is 2.59 bits per heavy atom. The van der Waals surface area contributed by atoms with Crippen molar-refractivity contribution in [2.75, 3.05) is 19.7 Å². The molecule has 1 aromatic carbocycles. The van der Waals surface area contributed by atoms with Crippen molar-refractivity contribution in [2.45, 2.75) is 48.2 Å². The lowest BCUT2D eigenvalue weighted by Gasteiger charge is -2.41. The zero-order valence-corrected chi connectivity index (χ0v) is 18.9. The van der Waals surface area contributed by atoms with Gasteiger partial charge in [-0.25, -0.2) is 0 Å². The topological polar surface area (TPSA) is 42.8 Å². The lowest BCUT2D eigenvalue weighted by molar-refractivity contribution is -0.940. The Morgan fingerprint density at radius 2 is 1.89 bits per heavy atom. The molecule has 0 saturated carbocycles. The highest BCUT2D eigenvalue weighted by atomic mass is 79.9. The molecule has 3 rings (SSSR count). The number of halogens is 4. The standard InChI is InChI=1S/C19H24BrCl3N2O2/c20-15-8-6-13(7-9-15)17(26)24-18(19(21,22)23)27-12-14-4-3-11-25-10-2-1-5-16(14)25/h6-9,14,16,18H,1-5,10-12H2,(H,24,26)/p+1/t14-,16-,18-/m1/s1. The van der Waals surface area contributed by atoms with E-state index in [9.17, 15) is 4.79 Å². The zero-order valence-electron chi connectivity index (χ0n) is 15.0. The maximum atomic E-state index is 12.5. The maximum Gasteiger partial charge on any atom is 0.253 e. The Bertz CT molecular complexity index is 637. The highest BCUT2D eigenvalue weighted by Gasteiger charge is 2.40. The van der Waals surface area contributed by atoms with E-state index in [4.69, 9.17) is 39.5 Å². The fourth-order valence-corrected chi connectivity index (χ4v) is 4.84. The van der Waals surface area contributed by atoms with E-state index in [1.807, 2.05) is 0 Å². The quantitative estimate of drug-likeness (QED) is 0.479. The van der Waals surface area contributed by atoms with Crippen LogP contribution in [0.2, 0.25) is 0 Å². The molecule has 2 heterocycles. The summed E-state index contributed by atoms with van der Waals surface area (Å²) in [5.74, 6) is 0.112. The summed E-state index contributed by atoms with van der Waals surface area (Å²) in [6, 6.07) is 7.62. The van der Waals surface area contributed by atoms with Crippen molar-refractivity contribution in [3.05, 3.63) is 34.3 Å². The molecule has 2 aliphatic heterocycles. The fraction of sp³-hybridized carbons (Fsp3) is 0.632. The molecule has 1 aromatic rings. The van der Waals surface area contributed by atoms with Crippen LogP contribution >= 0.6 is 50.7 Å². The first-order valence-corrected chi connectivity index (χ1v) is 11.4. The second kappa shape index (κ2) is 9.64. The van der Waals surface area contributed by atoms with Gasteiger partial charge in [-0.2, -0.15) is 0 Å². The van der Waals surface area contributed by atoms with Crippen molar-refractivity contribution in [1.82, 2.24) is 5.32 Å². The maximum absolute atomic E-state index is 12.5. The first-order chi connectivity index (χ1) is 12.8. The number of quaternary nitrogens is 1. The Morgan fingerprint density at radius 1 is 1.19 bits per heavy atom. The predicted molar refractivity (Wildman–Crippen MR) is 113 cm³/mol. The molecule has 1 unspecified atom stereocenters. The highest BCUT2D eigenvalue weighted by Crippen LogP contribution is 2.32. The molecular weight excluding hydrogens is 474 g/mol. The van der Waals surface area contributed by atoms with E-state index in [0.717, 1.165) is 10.9 Å². The van der Waals surface area contributed by atoms with Crippen LogP contribution in [-0.4, -0.2) is 41.7 Å². The van der Waals surface area contributed by atoms with Crippen molar-refractivity contribution < 1.29 is 14.4 Å². The zero-order chi connectivity index (χ0) is 19.4. The van der Waals surface area contributed by atoms with Crippen LogP contribution in [0.15, 0.2) is 28.7 Å². The second-order valence-electron chi connectivity index (χ2n) is 7.40. The number of hydrogen-bond acceptors (Lipinski definition) is 2. The van der Waals surface area contributed by atoms with Gasteiger partial charge in [-0.3, -0.25) is 4.79 Å². The summed E-state index contributed by atoms with van der Waals surface area (Å²) in [6.45, 7) is 2.98. The number of hydrogen-bond donors (Lipinski definition) is 2. The first-order valence-electron chi connectivity index (χ1n) is 9.44. The van der Waals surface area contributed by atoms with Gasteiger partial charge in [0, 0.05) is 16.0 Å². The second-order valence-corrected chi connectivity index (χ2v) is 10.7. The smallest absolute Gasteiger partial charge is 0.253 e. The summed E-state index contributed by atoms with van der Waals surface area (Å²) in [4.78, 5) is 14.2. The van der Waals surface area contributed by atoms with E-state index < -0.39 is 10.0 Å². The lowest BCUT2D eigenvalue weighted by Crippen LogP contribution is -3.18. The summed E-state index contributed by atoms with van der Waals surface area (Å²) in [5, 5.41) is 2.73. The van der Waals surface area contributed by atoms with Gasteiger partial charge in [-0.1, -0.05) is 50.7 Å². The van der Waals surface area contributed by atoms with Crippen LogP contribution in [0.1, 0.15) is 42.5 Å². The van der Waals surface area contributed by atoms with Gasteiger partial charge in [0.05, 0.1) is 25.7 Å². The molecule has 2 aliphatic rings. The molecule has 27 heavy (non-hydrogen) atoms. The fourth-order valence-electron chi connectivity index (χ4n) is 4.22. The number of nitrogens with one attached hydrogen (secondary N) is 2. The molecule has 0 radical (unpaired) electrons. The third-order valence-electron chi connectivity index (χ3n) is 5.57. The van der Waals surface area contributed by atoms with Gasteiger partial charge in [0.25, 0.3) is 5.91 Å². The van der Waals surface area contributed by atoms with E-state index in [-0.39, 0.29) is 5.91 Å². The Labute approximate surface area is 184 Å². The molecule has 2 fully saturated rings. The molecule has 2 N–H and O–H groups in total. The van der Waals surface area contributed by atoms with Crippen molar-refractivity contribution in [2.24, 2.45) is 5.92 Å². The van der Waals surface area contributed by atoms with Gasteiger partial charge in [0.1, 0.15) is 0 Å². The average molecular weight is 500 g/mol. The number of carbonyl (C=O) groups excluding carboxylic acids is 1. The minimum Gasteiger partial charge on any atom is -0.353 e. The van der Waals surface area contributed by atoms with Gasteiger partial charge in [0.2, 0.25) is 3.79 Å². The molecule has 0 aromatic heterocycles. The van der Waals surface area contributed by atoms with Crippen molar-refractivity contribution in [3.63, 3.8) is 0 Å². The van der Waals surface area contributed by atoms with Gasteiger partial charge >= 0.3 is 0 Å². The SMILES string of the molecule is O=C(N[C@H](OC[C@H]1CCC[NH+]2CCCC[C@H]12)C(Cl)(Cl)Cl)c1ccc(Br)cc1. The van der Waals surface area contributed by atoms with Crippen LogP contribution in [0, 0.1) is 5.92 Å². The summed E-state index contributed by atoms with van der Waals surface area (Å²) < 4.78 is 5.12. The van der Waals surface area contributed by atoms with Crippen LogP contribution in [-0.2, 0) is 4.74 Å². The first kappa shape index (κ1) is 21.7. The van der Waals surface area contributed by atoms with E-state index >= 15 is 0 Å². The molecule has 4 atom stereocenters. The Balaban J connectivity index is 1.61. The monoisotopic (exact) mass is 497 g/mol. The minimum atomic E-state index is -1.74. The Kier molecular flexibility index (Phi) is 7.73.